The summed E-state index contributed by atoms with van der Waals surface area (Å²) in [5, 5.41) is 0. The highest BCUT2D eigenvalue weighted by atomic mass is 15.2. The van der Waals surface area contributed by atoms with Crippen molar-refractivity contribution in [3.63, 3.8) is 0 Å². The summed E-state index contributed by atoms with van der Waals surface area (Å²) in [6.45, 7) is 55.2. The van der Waals surface area contributed by atoms with Crippen LogP contribution in [0, 0.1) is 41.5 Å². The highest BCUT2D eigenvalue weighted by Gasteiger charge is 2.49. The molecule has 135 heavy (non-hydrogen) atoms. The zero-order valence-electron chi connectivity index (χ0n) is 83.4. The van der Waals surface area contributed by atoms with Crippen molar-refractivity contribution in [2.24, 2.45) is 0 Å². The predicted octanol–water partition coefficient (Wildman–Crippen LogP) is 28.6. The topological polar surface area (TPSA) is 19.4 Å². The van der Waals surface area contributed by atoms with Crippen LogP contribution in [0.3, 0.4) is 0 Å². The minimum absolute atomic E-state index is 0.0172. The zero-order valence-corrected chi connectivity index (χ0v) is 83.4. The van der Waals surface area contributed by atoms with Gasteiger partial charge < -0.3 is 29.4 Å². The van der Waals surface area contributed by atoms with Gasteiger partial charge in [0.25, 0.3) is 20.1 Å². The molecule has 0 radical (unpaired) electrons. The molecular formula is C126H123B3N6. The number of hydrogen-bond donors (Lipinski definition) is 0. The molecule has 6 nitrogen and oxygen atoms in total. The Labute approximate surface area is 803 Å². The summed E-state index contributed by atoms with van der Waals surface area (Å²) in [5.41, 5.74) is 54.5. The maximum Gasteiger partial charge on any atom is 0.252 e. The second kappa shape index (κ2) is 31.0. The van der Waals surface area contributed by atoms with Crippen molar-refractivity contribution in [2.45, 2.75) is 199 Å². The quantitative estimate of drug-likeness (QED) is 0.133. The van der Waals surface area contributed by atoms with Crippen molar-refractivity contribution in [3.05, 3.63) is 376 Å². The molecule has 6 heterocycles. The van der Waals surface area contributed by atoms with E-state index in [0.29, 0.717) is 0 Å². The third-order valence-corrected chi connectivity index (χ3v) is 30.0. The van der Waals surface area contributed by atoms with E-state index in [1.54, 1.807) is 0 Å². The van der Waals surface area contributed by atoms with Gasteiger partial charge in [-0.05, 0) is 370 Å². The van der Waals surface area contributed by atoms with Crippen LogP contribution in [0.5, 0.6) is 0 Å². The van der Waals surface area contributed by atoms with Gasteiger partial charge in [-0.15, -0.1) is 0 Å². The maximum absolute atomic E-state index is 2.61. The molecule has 16 aromatic carbocycles. The number of fused-ring (bicyclic) bond motifs is 12. The zero-order chi connectivity index (χ0) is 94.2. The van der Waals surface area contributed by atoms with Crippen molar-refractivity contribution < 1.29 is 0 Å². The summed E-state index contributed by atoms with van der Waals surface area (Å²) in [6.07, 6.45) is 0. The summed E-state index contributed by atoms with van der Waals surface area (Å²) in [7, 11) is 0. The fraction of sp³-hybridized carbons (Fsp3) is 0.238. The summed E-state index contributed by atoms with van der Waals surface area (Å²) >= 11 is 0. The number of aryl methyl sites for hydroxylation is 6. The van der Waals surface area contributed by atoms with Gasteiger partial charge in [-0.2, -0.15) is 0 Å². The molecule has 0 unspecified atom stereocenters. The monoisotopic (exact) mass is 1750 g/mol. The lowest BCUT2D eigenvalue weighted by Crippen LogP contribution is -2.61. The molecule has 0 saturated heterocycles. The molecule has 0 spiro atoms. The van der Waals surface area contributed by atoms with E-state index in [0.717, 1.165) is 67.5 Å². The summed E-state index contributed by atoms with van der Waals surface area (Å²) in [6, 6.07) is 123. The van der Waals surface area contributed by atoms with Crippen molar-refractivity contribution in [3.8, 4) is 33.4 Å². The van der Waals surface area contributed by atoms with Gasteiger partial charge in [0.1, 0.15) is 0 Å². The Bertz CT molecular complexity index is 6820. The van der Waals surface area contributed by atoms with E-state index in [2.05, 4.69) is 505 Å². The summed E-state index contributed by atoms with van der Waals surface area (Å²) in [4.78, 5) is 15.5. The second-order valence-corrected chi connectivity index (χ2v) is 46.0. The van der Waals surface area contributed by atoms with Gasteiger partial charge in [-0.3, -0.25) is 0 Å². The number of rotatable bonds is 9. The van der Waals surface area contributed by atoms with Crippen LogP contribution in [0.2, 0.25) is 0 Å². The lowest BCUT2D eigenvalue weighted by atomic mass is 9.33. The number of hydrogen-bond acceptors (Lipinski definition) is 6. The summed E-state index contributed by atoms with van der Waals surface area (Å²) < 4.78 is 0. The molecule has 16 aromatic rings. The Morgan fingerprint density at radius 2 is 0.319 bits per heavy atom. The molecule has 9 heteroatoms. The van der Waals surface area contributed by atoms with Crippen LogP contribution in [0.1, 0.15) is 191 Å². The molecule has 666 valence electrons. The molecule has 0 bridgehead atoms. The van der Waals surface area contributed by atoms with Crippen LogP contribution >= 0.6 is 0 Å². The fourth-order valence-corrected chi connectivity index (χ4v) is 22.6. The SMILES string of the molecule is Cc1ccc(N2c3ccc(-c4cc(-c5ccc6c(c5)B5c7cc(C(C)(C)C)ccc7N(c7ccc(C(C)(C)C)cc7)c7cc(C)cc(c75)N6c5ccc(C)cc5)cc(-c5ccc6c(c5)B5c7cc(C(C)(C)C)ccc7N(c7ccc(C(C)(C)C)cc7)c7cc(C)cc(c75)N6c5ccc(C)cc5)c4)cc3B3c4cc(C(C)(C)C)ccc4N(c4ccc(C(C)(C)C)cc4)c4cc(C)cc2c43)cc1. The van der Waals surface area contributed by atoms with Crippen molar-refractivity contribution in [2.75, 3.05) is 29.4 Å². The Balaban J connectivity index is 0.811. The molecule has 6 aliphatic heterocycles. The van der Waals surface area contributed by atoms with Gasteiger partial charge in [0.2, 0.25) is 0 Å². The number of benzene rings is 16. The Morgan fingerprint density at radius 1 is 0.148 bits per heavy atom. The Kier molecular flexibility index (Phi) is 20.0. The van der Waals surface area contributed by atoms with Crippen LogP contribution < -0.4 is 78.6 Å². The standard InChI is InChI=1S/C126H123B3N6/c1-76-25-43-94(44-26-76)130-106-55-31-82(70-100(106)127-103-73-91(124(16,17)18)40-58-109(103)133(115-64-79(4)61-112(130)118(115)127)97-49-34-88(35-50-97)121(7,8)9)85-67-86(83-32-56-107-101(71-83)128-104-74-92(125(19,20)21)41-59-110(104)134(98-51-36-89(37-52-98)122(10,11)12)116-65-80(5)62-113(119(116)128)131(107)95-45-27-77(2)28-46-95)69-87(68-85)84-33-57-108-102(72-84)129-105-75-93(126(22,23)24)42-60-111(105)135(99-53-38-90(39-54-99)123(13,14)15)117-66-81(6)63-114(120(117)129)132(108)96-47-29-78(3)30-48-96/h25-75H,1-24H3. The average molecular weight is 1750 g/mol. The van der Waals surface area contributed by atoms with Crippen molar-refractivity contribution in [1.29, 1.82) is 0 Å². The second-order valence-electron chi connectivity index (χ2n) is 46.0. The van der Waals surface area contributed by atoms with Gasteiger partial charge in [-0.25, -0.2) is 0 Å². The minimum atomic E-state index is -0.147. The van der Waals surface area contributed by atoms with E-state index < -0.39 is 0 Å². The third-order valence-electron chi connectivity index (χ3n) is 30.0. The molecule has 6 aliphatic rings. The van der Waals surface area contributed by atoms with E-state index in [9.17, 15) is 0 Å². The van der Waals surface area contributed by atoms with E-state index in [-0.39, 0.29) is 52.6 Å². The molecular weight excluding hydrogens is 1630 g/mol. The predicted molar refractivity (Wildman–Crippen MR) is 585 cm³/mol. The molecule has 0 saturated carbocycles. The minimum Gasteiger partial charge on any atom is -0.311 e. The Hall–Kier alpha value is -13.5. The smallest absolute Gasteiger partial charge is 0.252 e. The first kappa shape index (κ1) is 86.9. The van der Waals surface area contributed by atoms with Crippen molar-refractivity contribution >= 4 is 172 Å². The highest BCUT2D eigenvalue weighted by Crippen LogP contribution is 2.53. The normalized spacial score (nSPS) is 14.1. The average Bonchev–Trinajstić information content (AvgIpc) is 0.702. The first-order valence-electron chi connectivity index (χ1n) is 48.9. The summed E-state index contributed by atoms with van der Waals surface area (Å²) in [5.74, 6) is 0. The number of nitrogens with zero attached hydrogens (tertiary/aromatic N) is 6. The van der Waals surface area contributed by atoms with Crippen LogP contribution in [0.25, 0.3) is 33.4 Å². The van der Waals surface area contributed by atoms with Crippen LogP contribution in [0.4, 0.5) is 102 Å². The van der Waals surface area contributed by atoms with Crippen molar-refractivity contribution in [1.82, 2.24) is 0 Å². The van der Waals surface area contributed by atoms with E-state index in [1.165, 1.54) is 184 Å². The van der Waals surface area contributed by atoms with E-state index in [1.807, 2.05) is 0 Å². The molecule has 0 amide bonds. The molecule has 0 fully saturated rings. The fourth-order valence-electron chi connectivity index (χ4n) is 22.6. The van der Waals surface area contributed by atoms with Crippen LogP contribution in [-0.4, -0.2) is 20.1 Å². The van der Waals surface area contributed by atoms with Gasteiger partial charge >= 0.3 is 0 Å². The van der Waals surface area contributed by atoms with Gasteiger partial charge in [0.05, 0.1) is 0 Å². The van der Waals surface area contributed by atoms with Gasteiger partial charge in [0, 0.05) is 102 Å². The molecule has 0 aromatic heterocycles. The Morgan fingerprint density at radius 3 is 0.511 bits per heavy atom. The number of anilines is 18. The maximum atomic E-state index is 2.61. The third kappa shape index (κ3) is 14.6. The van der Waals surface area contributed by atoms with Gasteiger partial charge in [0.15, 0.2) is 0 Å². The first-order chi connectivity index (χ1) is 64.1. The van der Waals surface area contributed by atoms with Crippen LogP contribution in [-0.2, 0) is 32.5 Å². The molecule has 0 aliphatic carbocycles. The lowest BCUT2D eigenvalue weighted by molar-refractivity contribution is 0.590. The van der Waals surface area contributed by atoms with E-state index >= 15 is 0 Å². The van der Waals surface area contributed by atoms with Gasteiger partial charge in [-0.1, -0.05) is 287 Å². The molecule has 0 N–H and O–H groups in total. The van der Waals surface area contributed by atoms with Crippen LogP contribution in [0.15, 0.2) is 309 Å². The van der Waals surface area contributed by atoms with E-state index in [4.69, 9.17) is 0 Å². The molecule has 22 rings (SSSR count). The largest absolute Gasteiger partial charge is 0.311 e. The highest BCUT2D eigenvalue weighted by molar-refractivity contribution is 7.02. The first-order valence-corrected chi connectivity index (χ1v) is 48.9. The lowest BCUT2D eigenvalue weighted by Gasteiger charge is -2.45. The molecule has 0 atom stereocenters.